The molecule has 0 unspecified atom stereocenters. The predicted octanol–water partition coefficient (Wildman–Crippen LogP) is 2.17. The van der Waals surface area contributed by atoms with Crippen LogP contribution in [0.3, 0.4) is 0 Å². The fourth-order valence-electron chi connectivity index (χ4n) is 2.34. The van der Waals surface area contributed by atoms with Crippen molar-refractivity contribution in [2.75, 3.05) is 19.6 Å². The number of carbonyl (C=O) groups excluding carboxylic acids is 1. The van der Waals surface area contributed by atoms with Crippen LogP contribution in [0.4, 0.5) is 0 Å². The Kier molecular flexibility index (Phi) is 6.46. The zero-order valence-electron chi connectivity index (χ0n) is 10.8. The number of rotatable bonds is 6. The fraction of sp³-hybridized carbons (Fsp3) is 0.923. The van der Waals surface area contributed by atoms with E-state index in [2.05, 4.69) is 24.1 Å². The summed E-state index contributed by atoms with van der Waals surface area (Å²) in [6.07, 6.45) is 6.19. The standard InChI is InChI=1S/C13H26N2O/c1-3-5-6-13(16)15(11-4-2)12-7-9-14-10-8-12/h12,14H,3-11H2,1-2H3. The SMILES string of the molecule is CCCCC(=O)N(CCC)C1CCNCC1. The highest BCUT2D eigenvalue weighted by molar-refractivity contribution is 5.76. The molecule has 0 saturated carbocycles. The summed E-state index contributed by atoms with van der Waals surface area (Å²) < 4.78 is 0. The second kappa shape index (κ2) is 7.66. The molecule has 1 aliphatic rings. The third-order valence-corrected chi connectivity index (χ3v) is 3.28. The van der Waals surface area contributed by atoms with Gasteiger partial charge in [-0.25, -0.2) is 0 Å². The molecular formula is C13H26N2O. The number of nitrogens with zero attached hydrogens (tertiary/aromatic N) is 1. The molecule has 0 spiro atoms. The van der Waals surface area contributed by atoms with E-state index >= 15 is 0 Å². The van der Waals surface area contributed by atoms with Crippen molar-refractivity contribution in [2.45, 2.75) is 58.4 Å². The first-order valence-corrected chi connectivity index (χ1v) is 6.79. The van der Waals surface area contributed by atoms with Gasteiger partial charge in [0.1, 0.15) is 0 Å². The zero-order chi connectivity index (χ0) is 11.8. The Bertz CT molecular complexity index is 200. The Labute approximate surface area is 99.6 Å². The second-order valence-electron chi connectivity index (χ2n) is 4.67. The van der Waals surface area contributed by atoms with Crippen LogP contribution in [0.2, 0.25) is 0 Å². The third-order valence-electron chi connectivity index (χ3n) is 3.28. The molecule has 0 aromatic heterocycles. The molecule has 1 N–H and O–H groups in total. The number of unbranched alkanes of at least 4 members (excludes halogenated alkanes) is 1. The quantitative estimate of drug-likeness (QED) is 0.753. The molecule has 1 rings (SSSR count). The highest BCUT2D eigenvalue weighted by atomic mass is 16.2. The van der Waals surface area contributed by atoms with Crippen molar-refractivity contribution in [1.82, 2.24) is 10.2 Å². The Morgan fingerprint density at radius 1 is 1.25 bits per heavy atom. The molecule has 16 heavy (non-hydrogen) atoms. The molecule has 1 aliphatic heterocycles. The number of amides is 1. The average Bonchev–Trinajstić information content (AvgIpc) is 2.34. The maximum atomic E-state index is 12.1. The van der Waals surface area contributed by atoms with E-state index in [1.807, 2.05) is 0 Å². The minimum absolute atomic E-state index is 0.371. The van der Waals surface area contributed by atoms with Gasteiger partial charge in [0.2, 0.25) is 5.91 Å². The lowest BCUT2D eigenvalue weighted by molar-refractivity contribution is -0.134. The molecule has 1 heterocycles. The summed E-state index contributed by atoms with van der Waals surface area (Å²) in [5, 5.41) is 3.36. The summed E-state index contributed by atoms with van der Waals surface area (Å²) in [6, 6.07) is 0.491. The van der Waals surface area contributed by atoms with E-state index in [1.54, 1.807) is 0 Å². The first-order chi connectivity index (χ1) is 7.79. The summed E-state index contributed by atoms with van der Waals surface area (Å²) in [4.78, 5) is 14.2. The summed E-state index contributed by atoms with van der Waals surface area (Å²) in [7, 11) is 0. The van der Waals surface area contributed by atoms with Crippen LogP contribution < -0.4 is 5.32 Å². The highest BCUT2D eigenvalue weighted by Crippen LogP contribution is 2.14. The monoisotopic (exact) mass is 226 g/mol. The topological polar surface area (TPSA) is 32.3 Å². The van der Waals surface area contributed by atoms with Crippen molar-refractivity contribution in [3.05, 3.63) is 0 Å². The number of carbonyl (C=O) groups is 1. The van der Waals surface area contributed by atoms with Crippen LogP contribution in [0.5, 0.6) is 0 Å². The Hall–Kier alpha value is -0.570. The van der Waals surface area contributed by atoms with E-state index in [-0.39, 0.29) is 0 Å². The van der Waals surface area contributed by atoms with Crippen molar-refractivity contribution in [2.24, 2.45) is 0 Å². The Morgan fingerprint density at radius 3 is 2.50 bits per heavy atom. The number of nitrogens with one attached hydrogen (secondary N) is 1. The van der Waals surface area contributed by atoms with Gasteiger partial charge in [-0.1, -0.05) is 20.3 Å². The summed E-state index contributed by atoms with van der Waals surface area (Å²) in [5.41, 5.74) is 0. The van der Waals surface area contributed by atoms with Crippen LogP contribution in [0, 0.1) is 0 Å². The molecule has 0 aromatic carbocycles. The molecule has 94 valence electrons. The first kappa shape index (κ1) is 13.5. The van der Waals surface area contributed by atoms with E-state index < -0.39 is 0 Å². The van der Waals surface area contributed by atoms with Crippen LogP contribution in [0.15, 0.2) is 0 Å². The smallest absolute Gasteiger partial charge is 0.222 e. The van der Waals surface area contributed by atoms with Crippen molar-refractivity contribution >= 4 is 5.91 Å². The van der Waals surface area contributed by atoms with E-state index in [0.717, 1.165) is 58.2 Å². The molecule has 3 heteroatoms. The van der Waals surface area contributed by atoms with Crippen LogP contribution in [-0.4, -0.2) is 36.5 Å². The van der Waals surface area contributed by atoms with Crippen LogP contribution in [-0.2, 0) is 4.79 Å². The maximum Gasteiger partial charge on any atom is 0.222 e. The van der Waals surface area contributed by atoms with Gasteiger partial charge in [0, 0.05) is 19.0 Å². The minimum atomic E-state index is 0.371. The van der Waals surface area contributed by atoms with E-state index in [1.165, 1.54) is 0 Å². The summed E-state index contributed by atoms with van der Waals surface area (Å²) in [6.45, 7) is 7.36. The van der Waals surface area contributed by atoms with E-state index in [0.29, 0.717) is 11.9 Å². The van der Waals surface area contributed by atoms with Crippen LogP contribution >= 0.6 is 0 Å². The average molecular weight is 226 g/mol. The normalized spacial score (nSPS) is 17.4. The van der Waals surface area contributed by atoms with Gasteiger partial charge in [0.05, 0.1) is 0 Å². The number of piperidine rings is 1. The van der Waals surface area contributed by atoms with Crippen molar-refractivity contribution < 1.29 is 4.79 Å². The second-order valence-corrected chi connectivity index (χ2v) is 4.67. The largest absolute Gasteiger partial charge is 0.340 e. The maximum absolute atomic E-state index is 12.1. The molecule has 0 aromatic rings. The number of hydrogen-bond acceptors (Lipinski definition) is 2. The van der Waals surface area contributed by atoms with Gasteiger partial charge < -0.3 is 10.2 Å². The van der Waals surface area contributed by atoms with Crippen LogP contribution in [0.25, 0.3) is 0 Å². The van der Waals surface area contributed by atoms with E-state index in [4.69, 9.17) is 0 Å². The lowest BCUT2D eigenvalue weighted by Gasteiger charge is -2.34. The van der Waals surface area contributed by atoms with Gasteiger partial charge in [-0.15, -0.1) is 0 Å². The molecule has 0 aliphatic carbocycles. The fourth-order valence-corrected chi connectivity index (χ4v) is 2.34. The molecule has 0 radical (unpaired) electrons. The lowest BCUT2D eigenvalue weighted by atomic mass is 10.0. The van der Waals surface area contributed by atoms with Gasteiger partial charge in [-0.3, -0.25) is 4.79 Å². The first-order valence-electron chi connectivity index (χ1n) is 6.79. The van der Waals surface area contributed by atoms with Crippen molar-refractivity contribution in [1.29, 1.82) is 0 Å². The van der Waals surface area contributed by atoms with Gasteiger partial charge in [-0.05, 0) is 38.8 Å². The predicted molar refractivity (Wildman–Crippen MR) is 67.4 cm³/mol. The molecule has 1 amide bonds. The molecule has 3 nitrogen and oxygen atoms in total. The highest BCUT2D eigenvalue weighted by Gasteiger charge is 2.23. The lowest BCUT2D eigenvalue weighted by Crippen LogP contribution is -2.46. The summed E-state index contributed by atoms with van der Waals surface area (Å²) >= 11 is 0. The molecular weight excluding hydrogens is 200 g/mol. The van der Waals surface area contributed by atoms with Gasteiger partial charge >= 0.3 is 0 Å². The van der Waals surface area contributed by atoms with Gasteiger partial charge in [0.25, 0.3) is 0 Å². The Balaban J connectivity index is 2.47. The van der Waals surface area contributed by atoms with Crippen molar-refractivity contribution in [3.8, 4) is 0 Å². The molecule has 0 bridgehead atoms. The molecule has 0 atom stereocenters. The summed E-state index contributed by atoms with van der Waals surface area (Å²) in [5.74, 6) is 0.371. The third kappa shape index (κ3) is 4.12. The van der Waals surface area contributed by atoms with Gasteiger partial charge in [0.15, 0.2) is 0 Å². The Morgan fingerprint density at radius 2 is 1.94 bits per heavy atom. The molecule has 1 fully saturated rings. The van der Waals surface area contributed by atoms with Gasteiger partial charge in [-0.2, -0.15) is 0 Å². The van der Waals surface area contributed by atoms with Crippen LogP contribution in [0.1, 0.15) is 52.4 Å². The van der Waals surface area contributed by atoms with E-state index in [9.17, 15) is 4.79 Å². The number of hydrogen-bond donors (Lipinski definition) is 1. The van der Waals surface area contributed by atoms with Crippen molar-refractivity contribution in [3.63, 3.8) is 0 Å². The minimum Gasteiger partial charge on any atom is -0.340 e. The zero-order valence-corrected chi connectivity index (χ0v) is 10.8. The molecule has 1 saturated heterocycles.